The molecular weight excluding hydrogens is 313 g/mol. The SMILES string of the molecule is COC(=O)c1ccc(-c2cccc(OC(F)(F)F)c2)c(OC)c1. The fourth-order valence-corrected chi connectivity index (χ4v) is 2.04. The first-order chi connectivity index (χ1) is 10.8. The van der Waals surface area contributed by atoms with E-state index in [2.05, 4.69) is 9.47 Å². The fourth-order valence-electron chi connectivity index (χ4n) is 2.04. The van der Waals surface area contributed by atoms with Crippen molar-refractivity contribution in [2.45, 2.75) is 6.36 Å². The average Bonchev–Trinajstić information content (AvgIpc) is 2.52. The van der Waals surface area contributed by atoms with Gasteiger partial charge in [0.2, 0.25) is 0 Å². The van der Waals surface area contributed by atoms with Gasteiger partial charge in [-0.15, -0.1) is 13.2 Å². The summed E-state index contributed by atoms with van der Waals surface area (Å²) >= 11 is 0. The summed E-state index contributed by atoms with van der Waals surface area (Å²) in [6.07, 6.45) is -4.77. The van der Waals surface area contributed by atoms with Crippen LogP contribution >= 0.6 is 0 Å². The van der Waals surface area contributed by atoms with E-state index in [4.69, 9.17) is 4.74 Å². The maximum atomic E-state index is 12.3. The third-order valence-electron chi connectivity index (χ3n) is 3.00. The molecule has 0 radical (unpaired) electrons. The van der Waals surface area contributed by atoms with Crippen LogP contribution in [0.25, 0.3) is 11.1 Å². The molecule has 23 heavy (non-hydrogen) atoms. The number of esters is 1. The Morgan fingerprint density at radius 2 is 1.78 bits per heavy atom. The van der Waals surface area contributed by atoms with E-state index in [9.17, 15) is 18.0 Å². The van der Waals surface area contributed by atoms with Crippen molar-refractivity contribution < 1.29 is 32.2 Å². The first kappa shape index (κ1) is 16.7. The predicted octanol–water partition coefficient (Wildman–Crippen LogP) is 4.05. The third-order valence-corrected chi connectivity index (χ3v) is 3.00. The van der Waals surface area contributed by atoms with Crippen LogP contribution in [0.5, 0.6) is 11.5 Å². The van der Waals surface area contributed by atoms with Gasteiger partial charge in [0, 0.05) is 5.56 Å². The Hall–Kier alpha value is -2.70. The van der Waals surface area contributed by atoms with Gasteiger partial charge in [-0.05, 0) is 35.9 Å². The summed E-state index contributed by atoms with van der Waals surface area (Å²) < 4.78 is 50.6. The van der Waals surface area contributed by atoms with E-state index >= 15 is 0 Å². The Balaban J connectivity index is 2.42. The largest absolute Gasteiger partial charge is 0.573 e. The number of carbonyl (C=O) groups excluding carboxylic acids is 1. The molecule has 0 bridgehead atoms. The van der Waals surface area contributed by atoms with Crippen LogP contribution in [0.2, 0.25) is 0 Å². The number of carbonyl (C=O) groups is 1. The summed E-state index contributed by atoms with van der Waals surface area (Å²) in [6, 6.07) is 10.0. The van der Waals surface area contributed by atoms with Crippen molar-refractivity contribution in [3.63, 3.8) is 0 Å². The van der Waals surface area contributed by atoms with E-state index in [0.717, 1.165) is 0 Å². The molecule has 0 N–H and O–H groups in total. The van der Waals surface area contributed by atoms with Crippen LogP contribution in [0, 0.1) is 0 Å². The van der Waals surface area contributed by atoms with Gasteiger partial charge < -0.3 is 14.2 Å². The van der Waals surface area contributed by atoms with Crippen LogP contribution in [0.4, 0.5) is 13.2 Å². The molecule has 0 saturated heterocycles. The normalized spacial score (nSPS) is 11.0. The quantitative estimate of drug-likeness (QED) is 0.795. The molecule has 122 valence electrons. The molecule has 4 nitrogen and oxygen atoms in total. The van der Waals surface area contributed by atoms with Crippen LogP contribution in [0.3, 0.4) is 0 Å². The maximum absolute atomic E-state index is 12.3. The minimum absolute atomic E-state index is 0.274. The number of benzene rings is 2. The molecule has 0 fully saturated rings. The maximum Gasteiger partial charge on any atom is 0.573 e. The highest BCUT2D eigenvalue weighted by Crippen LogP contribution is 2.34. The molecule has 7 heteroatoms. The molecule has 0 unspecified atom stereocenters. The number of hydrogen-bond donors (Lipinski definition) is 0. The monoisotopic (exact) mass is 326 g/mol. The zero-order chi connectivity index (χ0) is 17.0. The van der Waals surface area contributed by atoms with Crippen molar-refractivity contribution in [2.75, 3.05) is 14.2 Å². The predicted molar refractivity (Wildman–Crippen MR) is 76.5 cm³/mol. The van der Waals surface area contributed by atoms with Gasteiger partial charge in [0.15, 0.2) is 0 Å². The molecular formula is C16H13F3O4. The molecule has 0 aliphatic carbocycles. The minimum atomic E-state index is -4.77. The second kappa shape index (κ2) is 6.60. The second-order valence-corrected chi connectivity index (χ2v) is 4.48. The molecule has 2 aromatic rings. The Morgan fingerprint density at radius 3 is 2.39 bits per heavy atom. The molecule has 0 amide bonds. The Labute approximate surface area is 130 Å². The molecule has 0 aliphatic rings. The molecule has 0 atom stereocenters. The van der Waals surface area contributed by atoms with Gasteiger partial charge in [-0.25, -0.2) is 4.79 Å². The number of alkyl halides is 3. The lowest BCUT2D eigenvalue weighted by molar-refractivity contribution is -0.274. The summed E-state index contributed by atoms with van der Waals surface area (Å²) in [5.41, 5.74) is 1.25. The first-order valence-electron chi connectivity index (χ1n) is 6.46. The summed E-state index contributed by atoms with van der Waals surface area (Å²) in [5.74, 6) is -0.546. The van der Waals surface area contributed by atoms with Crippen LogP contribution in [0.15, 0.2) is 42.5 Å². The van der Waals surface area contributed by atoms with Gasteiger partial charge in [-0.3, -0.25) is 0 Å². The van der Waals surface area contributed by atoms with Crippen LogP contribution in [-0.2, 0) is 4.74 Å². The number of hydrogen-bond acceptors (Lipinski definition) is 4. The summed E-state index contributed by atoms with van der Waals surface area (Å²) in [5, 5.41) is 0. The van der Waals surface area contributed by atoms with E-state index < -0.39 is 12.3 Å². The number of ether oxygens (including phenoxy) is 3. The van der Waals surface area contributed by atoms with Gasteiger partial charge >= 0.3 is 12.3 Å². The molecule has 2 aromatic carbocycles. The van der Waals surface area contributed by atoms with Crippen molar-refractivity contribution in [2.24, 2.45) is 0 Å². The highest BCUT2D eigenvalue weighted by molar-refractivity contribution is 5.91. The number of methoxy groups -OCH3 is 2. The number of halogens is 3. The lowest BCUT2D eigenvalue weighted by atomic mass is 10.0. The van der Waals surface area contributed by atoms with E-state index in [1.807, 2.05) is 0 Å². The Bertz CT molecular complexity index is 711. The zero-order valence-corrected chi connectivity index (χ0v) is 12.3. The standard InChI is InChI=1S/C16H13F3O4/c1-21-14-9-11(15(20)22-2)6-7-13(14)10-4-3-5-12(8-10)23-16(17,18)19/h3-9H,1-2H3. The van der Waals surface area contributed by atoms with Crippen molar-refractivity contribution in [1.29, 1.82) is 0 Å². The Kier molecular flexibility index (Phi) is 4.78. The number of rotatable bonds is 4. The highest BCUT2D eigenvalue weighted by Gasteiger charge is 2.31. The second-order valence-electron chi connectivity index (χ2n) is 4.48. The molecule has 0 aromatic heterocycles. The molecule has 0 saturated carbocycles. The van der Waals surface area contributed by atoms with Crippen LogP contribution < -0.4 is 9.47 Å². The van der Waals surface area contributed by atoms with Crippen molar-refractivity contribution in [3.8, 4) is 22.6 Å². The highest BCUT2D eigenvalue weighted by atomic mass is 19.4. The van der Waals surface area contributed by atoms with Crippen molar-refractivity contribution in [1.82, 2.24) is 0 Å². The third kappa shape index (κ3) is 4.15. The smallest absolute Gasteiger partial charge is 0.496 e. The fraction of sp³-hybridized carbons (Fsp3) is 0.188. The first-order valence-corrected chi connectivity index (χ1v) is 6.46. The van der Waals surface area contributed by atoms with Gasteiger partial charge in [-0.2, -0.15) is 0 Å². The molecule has 0 aliphatic heterocycles. The minimum Gasteiger partial charge on any atom is -0.496 e. The summed E-state index contributed by atoms with van der Waals surface area (Å²) in [6.45, 7) is 0. The van der Waals surface area contributed by atoms with Crippen LogP contribution in [0.1, 0.15) is 10.4 Å². The summed E-state index contributed by atoms with van der Waals surface area (Å²) in [7, 11) is 2.65. The van der Waals surface area contributed by atoms with E-state index in [1.54, 1.807) is 12.1 Å². The van der Waals surface area contributed by atoms with Gasteiger partial charge in [0.05, 0.1) is 19.8 Å². The van der Waals surface area contributed by atoms with Gasteiger partial charge in [0.1, 0.15) is 11.5 Å². The van der Waals surface area contributed by atoms with Crippen LogP contribution in [-0.4, -0.2) is 26.6 Å². The molecule has 0 heterocycles. The summed E-state index contributed by atoms with van der Waals surface area (Å²) in [4.78, 5) is 11.5. The Morgan fingerprint density at radius 1 is 1.04 bits per heavy atom. The van der Waals surface area contributed by atoms with E-state index in [1.165, 1.54) is 44.6 Å². The van der Waals surface area contributed by atoms with Gasteiger partial charge in [0.25, 0.3) is 0 Å². The molecule has 2 rings (SSSR count). The van der Waals surface area contributed by atoms with Gasteiger partial charge in [-0.1, -0.05) is 12.1 Å². The zero-order valence-electron chi connectivity index (χ0n) is 12.3. The molecule has 0 spiro atoms. The van der Waals surface area contributed by atoms with Crippen molar-refractivity contribution >= 4 is 5.97 Å². The average molecular weight is 326 g/mol. The lowest BCUT2D eigenvalue weighted by Crippen LogP contribution is -2.17. The van der Waals surface area contributed by atoms with E-state index in [0.29, 0.717) is 16.9 Å². The lowest BCUT2D eigenvalue weighted by Gasteiger charge is -2.13. The topological polar surface area (TPSA) is 44.8 Å². The van der Waals surface area contributed by atoms with E-state index in [-0.39, 0.29) is 11.3 Å². The van der Waals surface area contributed by atoms with Crippen molar-refractivity contribution in [3.05, 3.63) is 48.0 Å².